The van der Waals surface area contributed by atoms with Gasteiger partial charge in [0.15, 0.2) is 6.29 Å². The first-order chi connectivity index (χ1) is 8.32. The van der Waals surface area contributed by atoms with Gasteiger partial charge in [-0.1, -0.05) is 6.07 Å². The Bertz CT molecular complexity index is 475. The zero-order valence-corrected chi connectivity index (χ0v) is 10.00. The van der Waals surface area contributed by atoms with Gasteiger partial charge in [0.1, 0.15) is 6.10 Å². The van der Waals surface area contributed by atoms with Crippen LogP contribution in [0.3, 0.4) is 0 Å². The lowest BCUT2D eigenvalue weighted by Crippen LogP contribution is -2.07. The number of nitro groups is 1. The molecule has 0 amide bonds. The Labute approximate surface area is 107 Å². The molecule has 0 fully saturated rings. The maximum Gasteiger partial charge on any atom is 0.404 e. The molecule has 18 heavy (non-hydrogen) atoms. The van der Waals surface area contributed by atoms with Crippen LogP contribution in [-0.2, 0) is 4.74 Å². The number of halogens is 1. The molecule has 2 N–H and O–H groups in total. The summed E-state index contributed by atoms with van der Waals surface area (Å²) in [6.45, 7) is 1.41. The zero-order valence-electron chi connectivity index (χ0n) is 9.24. The minimum absolute atomic E-state index is 0.0325. The Balaban J connectivity index is 3.19. The van der Waals surface area contributed by atoms with Crippen molar-refractivity contribution in [2.24, 2.45) is 0 Å². The van der Waals surface area contributed by atoms with E-state index in [1.165, 1.54) is 19.1 Å². The fraction of sp³-hybridized carbons (Fsp3) is 0.300. The van der Waals surface area contributed by atoms with Crippen LogP contribution in [0.15, 0.2) is 18.2 Å². The first-order valence-electron chi connectivity index (χ1n) is 4.83. The number of aliphatic hydroxyl groups is 2. The van der Waals surface area contributed by atoms with Crippen molar-refractivity contribution >= 4 is 22.7 Å². The summed E-state index contributed by atoms with van der Waals surface area (Å²) in [6, 6.07) is 3.56. The molecule has 8 heteroatoms. The van der Waals surface area contributed by atoms with E-state index in [2.05, 4.69) is 4.74 Å². The molecule has 1 rings (SSSR count). The molecule has 98 valence electrons. The van der Waals surface area contributed by atoms with Crippen LogP contribution in [0.4, 0.5) is 10.5 Å². The third-order valence-corrected chi connectivity index (χ3v) is 2.35. The fourth-order valence-electron chi connectivity index (χ4n) is 1.43. The van der Waals surface area contributed by atoms with Crippen molar-refractivity contribution in [1.82, 2.24) is 0 Å². The highest BCUT2D eigenvalue weighted by atomic mass is 35.5. The van der Waals surface area contributed by atoms with Gasteiger partial charge in [0.25, 0.3) is 5.69 Å². The Morgan fingerprint density at radius 1 is 1.50 bits per heavy atom. The maximum absolute atomic E-state index is 10.9. The van der Waals surface area contributed by atoms with Crippen molar-refractivity contribution in [3.8, 4) is 0 Å². The number of carbonyl (C=O) groups excluding carboxylic acids is 1. The van der Waals surface area contributed by atoms with Gasteiger partial charge in [-0.3, -0.25) is 10.1 Å². The lowest BCUT2D eigenvalue weighted by atomic mass is 10.0. The second kappa shape index (κ2) is 5.76. The average molecular weight is 276 g/mol. The molecule has 0 saturated carbocycles. The van der Waals surface area contributed by atoms with E-state index >= 15 is 0 Å². The van der Waals surface area contributed by atoms with Crippen LogP contribution in [0.1, 0.15) is 30.4 Å². The molecule has 0 aliphatic rings. The zero-order chi connectivity index (χ0) is 13.9. The number of nitro benzene ring substituents is 1. The fourth-order valence-corrected chi connectivity index (χ4v) is 1.56. The Hall–Kier alpha value is -1.70. The predicted octanol–water partition coefficient (Wildman–Crippen LogP) is 2.01. The molecule has 0 aliphatic carbocycles. The summed E-state index contributed by atoms with van der Waals surface area (Å²) in [5.74, 6) is 0. The molecule has 0 aliphatic heterocycles. The topological polar surface area (TPSA) is 110 Å². The minimum Gasteiger partial charge on any atom is -0.446 e. The summed E-state index contributed by atoms with van der Waals surface area (Å²) in [5.41, 5.74) is -1.39. The van der Waals surface area contributed by atoms with Crippen molar-refractivity contribution in [2.75, 3.05) is 0 Å². The van der Waals surface area contributed by atoms with Crippen LogP contribution >= 0.6 is 11.6 Å². The quantitative estimate of drug-likeness (QED) is 0.376. The summed E-state index contributed by atoms with van der Waals surface area (Å²) < 4.78 is 4.62. The van der Waals surface area contributed by atoms with Gasteiger partial charge in [-0.05, 0) is 13.0 Å². The van der Waals surface area contributed by atoms with E-state index in [1.807, 2.05) is 0 Å². The van der Waals surface area contributed by atoms with E-state index in [0.717, 1.165) is 6.07 Å². The van der Waals surface area contributed by atoms with Crippen molar-refractivity contribution < 1.29 is 24.7 Å². The van der Waals surface area contributed by atoms with Crippen LogP contribution in [-0.4, -0.2) is 20.6 Å². The molecule has 0 saturated heterocycles. The van der Waals surface area contributed by atoms with E-state index in [1.54, 1.807) is 0 Å². The molecule has 0 spiro atoms. The second-order valence-electron chi connectivity index (χ2n) is 3.45. The van der Waals surface area contributed by atoms with Gasteiger partial charge in [0.05, 0.1) is 10.5 Å². The normalized spacial score (nSPS) is 12.3. The van der Waals surface area contributed by atoms with Gasteiger partial charge < -0.3 is 14.9 Å². The van der Waals surface area contributed by atoms with Crippen LogP contribution in [0.2, 0.25) is 0 Å². The maximum atomic E-state index is 10.9. The molecule has 0 bridgehead atoms. The SMILES string of the molecule is CC(OC(=O)Cl)c1ccc(C(O)O)cc1[N+](=O)[O-]. The van der Waals surface area contributed by atoms with Crippen LogP contribution in [0, 0.1) is 10.1 Å². The summed E-state index contributed by atoms with van der Waals surface area (Å²) in [4.78, 5) is 20.7. The van der Waals surface area contributed by atoms with Crippen molar-refractivity contribution in [1.29, 1.82) is 0 Å². The molecule has 0 aromatic heterocycles. The van der Waals surface area contributed by atoms with E-state index in [0.29, 0.717) is 0 Å². The number of carbonyl (C=O) groups is 1. The van der Waals surface area contributed by atoms with E-state index in [4.69, 9.17) is 21.8 Å². The lowest BCUT2D eigenvalue weighted by molar-refractivity contribution is -0.386. The summed E-state index contributed by atoms with van der Waals surface area (Å²) in [5, 5.41) is 28.7. The number of hydrogen-bond acceptors (Lipinski definition) is 6. The number of hydrogen-bond donors (Lipinski definition) is 2. The van der Waals surface area contributed by atoms with Gasteiger partial charge in [-0.25, -0.2) is 4.79 Å². The molecular formula is C10H10ClNO6. The van der Waals surface area contributed by atoms with Gasteiger partial charge in [0, 0.05) is 23.2 Å². The smallest absolute Gasteiger partial charge is 0.404 e. The van der Waals surface area contributed by atoms with Crippen LogP contribution < -0.4 is 0 Å². The van der Waals surface area contributed by atoms with Gasteiger partial charge in [-0.15, -0.1) is 0 Å². The Kier molecular flexibility index (Phi) is 4.60. The van der Waals surface area contributed by atoms with Crippen LogP contribution in [0.5, 0.6) is 0 Å². The van der Waals surface area contributed by atoms with E-state index in [9.17, 15) is 14.9 Å². The first kappa shape index (κ1) is 14.4. The summed E-state index contributed by atoms with van der Waals surface area (Å²) in [6.07, 6.45) is -2.73. The highest BCUT2D eigenvalue weighted by Gasteiger charge is 2.23. The number of ether oxygens (including phenoxy) is 1. The number of nitrogens with zero attached hydrogens (tertiary/aromatic N) is 1. The largest absolute Gasteiger partial charge is 0.446 e. The third kappa shape index (κ3) is 3.39. The van der Waals surface area contributed by atoms with E-state index < -0.39 is 22.7 Å². The third-order valence-electron chi connectivity index (χ3n) is 2.26. The van der Waals surface area contributed by atoms with E-state index in [-0.39, 0.29) is 16.8 Å². The number of benzene rings is 1. The lowest BCUT2D eigenvalue weighted by Gasteiger charge is -2.13. The molecule has 1 aromatic carbocycles. The second-order valence-corrected chi connectivity index (χ2v) is 3.76. The van der Waals surface area contributed by atoms with Crippen LogP contribution in [0.25, 0.3) is 0 Å². The van der Waals surface area contributed by atoms with Gasteiger partial charge in [-0.2, -0.15) is 0 Å². The molecule has 1 atom stereocenters. The highest BCUT2D eigenvalue weighted by molar-refractivity contribution is 6.61. The summed E-state index contributed by atoms with van der Waals surface area (Å²) in [7, 11) is 0. The minimum atomic E-state index is -1.82. The molecule has 1 unspecified atom stereocenters. The monoisotopic (exact) mass is 275 g/mol. The van der Waals surface area contributed by atoms with Gasteiger partial charge >= 0.3 is 5.43 Å². The average Bonchev–Trinajstić information content (AvgIpc) is 2.26. The molecular weight excluding hydrogens is 266 g/mol. The molecule has 7 nitrogen and oxygen atoms in total. The molecule has 0 radical (unpaired) electrons. The first-order valence-corrected chi connectivity index (χ1v) is 5.21. The van der Waals surface area contributed by atoms with Crippen molar-refractivity contribution in [3.63, 3.8) is 0 Å². The van der Waals surface area contributed by atoms with Gasteiger partial charge in [0.2, 0.25) is 0 Å². The van der Waals surface area contributed by atoms with Crippen molar-refractivity contribution in [2.45, 2.75) is 19.3 Å². The summed E-state index contributed by atoms with van der Waals surface area (Å²) >= 11 is 5.03. The number of rotatable bonds is 4. The van der Waals surface area contributed by atoms with Crippen molar-refractivity contribution in [3.05, 3.63) is 39.4 Å². The molecule has 1 aromatic rings. The predicted molar refractivity (Wildman–Crippen MR) is 61.0 cm³/mol. The number of aliphatic hydroxyl groups excluding tert-OH is 1. The molecule has 0 heterocycles. The Morgan fingerprint density at radius 3 is 2.56 bits per heavy atom. The Morgan fingerprint density at radius 2 is 2.11 bits per heavy atom. The standard InChI is InChI=1S/C10H10ClNO6/c1-5(18-10(11)15)7-3-2-6(9(13)14)4-8(7)12(16)17/h2-5,9,13-14H,1H3. The highest BCUT2D eigenvalue weighted by Crippen LogP contribution is 2.30.